The van der Waals surface area contributed by atoms with Gasteiger partial charge in [0.2, 0.25) is 0 Å². The van der Waals surface area contributed by atoms with Crippen LogP contribution in [0, 0.1) is 0 Å². The number of aromatic amines is 1. The number of hydrogen-bond donors (Lipinski definition) is 1. The summed E-state index contributed by atoms with van der Waals surface area (Å²) < 4.78 is 1.36. The van der Waals surface area contributed by atoms with E-state index in [1.165, 1.54) is 15.9 Å². The van der Waals surface area contributed by atoms with Crippen molar-refractivity contribution in [3.63, 3.8) is 0 Å². The monoisotopic (exact) mass is 259 g/mol. The topological polar surface area (TPSA) is 67.8 Å². The molecule has 1 N–H and O–H groups in total. The largest absolute Gasteiger partial charge is 0.328 e. The number of nitrogens with zero attached hydrogens (tertiary/aromatic N) is 2. The fourth-order valence-corrected chi connectivity index (χ4v) is 2.45. The van der Waals surface area contributed by atoms with Crippen LogP contribution in [0.15, 0.2) is 40.6 Å². The average molecular weight is 259 g/mol. The predicted molar refractivity (Wildman–Crippen MR) is 69.0 cm³/mol. The first-order valence-corrected chi connectivity index (χ1v) is 6.24. The van der Waals surface area contributed by atoms with Gasteiger partial charge >= 0.3 is 5.69 Å². The highest BCUT2D eigenvalue weighted by Crippen LogP contribution is 2.12. The lowest BCUT2D eigenvalue weighted by Crippen LogP contribution is -2.21. The summed E-state index contributed by atoms with van der Waals surface area (Å²) >= 11 is 1.37. The third-order valence-electron chi connectivity index (χ3n) is 2.63. The SMILES string of the molecule is O=C(Cn1c(=O)[nH]c2cccnc21)c1cccs1. The van der Waals surface area contributed by atoms with E-state index in [2.05, 4.69) is 9.97 Å². The number of ketones is 1. The van der Waals surface area contributed by atoms with Gasteiger partial charge in [-0.3, -0.25) is 9.36 Å². The maximum absolute atomic E-state index is 12.0. The van der Waals surface area contributed by atoms with Crippen LogP contribution in [0.25, 0.3) is 11.2 Å². The third-order valence-corrected chi connectivity index (χ3v) is 3.54. The van der Waals surface area contributed by atoms with E-state index in [0.29, 0.717) is 16.0 Å². The molecule has 0 aromatic carbocycles. The minimum absolute atomic E-state index is 0.0103. The van der Waals surface area contributed by atoms with Crippen LogP contribution in [-0.4, -0.2) is 20.3 Å². The van der Waals surface area contributed by atoms with Gasteiger partial charge in [0.25, 0.3) is 0 Å². The van der Waals surface area contributed by atoms with E-state index in [-0.39, 0.29) is 18.0 Å². The third kappa shape index (κ3) is 1.76. The maximum atomic E-state index is 12.0. The minimum Gasteiger partial charge on any atom is -0.304 e. The molecular weight excluding hydrogens is 250 g/mol. The second-order valence-electron chi connectivity index (χ2n) is 3.79. The highest BCUT2D eigenvalue weighted by molar-refractivity contribution is 7.12. The van der Waals surface area contributed by atoms with Crippen molar-refractivity contribution in [2.75, 3.05) is 0 Å². The number of hydrogen-bond acceptors (Lipinski definition) is 4. The van der Waals surface area contributed by atoms with Crippen LogP contribution < -0.4 is 5.69 Å². The summed E-state index contributed by atoms with van der Waals surface area (Å²) in [4.78, 5) is 31.2. The molecule has 90 valence electrons. The van der Waals surface area contributed by atoms with Crippen molar-refractivity contribution >= 4 is 28.3 Å². The quantitative estimate of drug-likeness (QED) is 0.727. The van der Waals surface area contributed by atoms with Crippen molar-refractivity contribution in [3.05, 3.63) is 51.2 Å². The lowest BCUT2D eigenvalue weighted by molar-refractivity contribution is 0.0976. The Kier molecular flexibility index (Phi) is 2.56. The van der Waals surface area contributed by atoms with Crippen molar-refractivity contribution in [1.29, 1.82) is 0 Å². The Morgan fingerprint density at radius 2 is 2.28 bits per heavy atom. The lowest BCUT2D eigenvalue weighted by Gasteiger charge is -1.99. The molecule has 6 heteroatoms. The molecule has 0 saturated heterocycles. The number of fused-ring (bicyclic) bond motifs is 1. The normalized spacial score (nSPS) is 10.9. The van der Waals surface area contributed by atoms with Crippen LogP contribution in [-0.2, 0) is 6.54 Å². The lowest BCUT2D eigenvalue weighted by atomic mass is 10.3. The Balaban J connectivity index is 2.03. The molecule has 0 aliphatic rings. The highest BCUT2D eigenvalue weighted by atomic mass is 32.1. The second kappa shape index (κ2) is 4.23. The maximum Gasteiger partial charge on any atom is 0.328 e. The van der Waals surface area contributed by atoms with Crippen LogP contribution in [0.4, 0.5) is 0 Å². The number of thiophene rings is 1. The molecule has 0 unspecified atom stereocenters. The molecule has 0 radical (unpaired) electrons. The van der Waals surface area contributed by atoms with Crippen molar-refractivity contribution in [3.8, 4) is 0 Å². The first-order chi connectivity index (χ1) is 8.75. The Morgan fingerprint density at radius 1 is 1.39 bits per heavy atom. The van der Waals surface area contributed by atoms with Crippen molar-refractivity contribution < 1.29 is 4.79 Å². The Bertz CT molecular complexity index is 755. The van der Waals surface area contributed by atoms with Crippen LogP contribution in [0.3, 0.4) is 0 Å². The van der Waals surface area contributed by atoms with E-state index in [0.717, 1.165) is 0 Å². The van der Waals surface area contributed by atoms with E-state index >= 15 is 0 Å². The molecule has 0 bridgehead atoms. The van der Waals surface area contributed by atoms with Gasteiger partial charge in [0, 0.05) is 6.20 Å². The summed E-state index contributed by atoms with van der Waals surface area (Å²) in [6, 6.07) is 7.06. The van der Waals surface area contributed by atoms with Crippen LogP contribution in [0.1, 0.15) is 9.67 Å². The fraction of sp³-hybridized carbons (Fsp3) is 0.0833. The molecule has 3 heterocycles. The number of carbonyl (C=O) groups excluding carboxylic acids is 1. The molecule has 0 saturated carbocycles. The molecule has 3 rings (SSSR count). The number of imidazole rings is 1. The van der Waals surface area contributed by atoms with Gasteiger partial charge < -0.3 is 4.98 Å². The Morgan fingerprint density at radius 3 is 3.06 bits per heavy atom. The smallest absolute Gasteiger partial charge is 0.304 e. The summed E-state index contributed by atoms with van der Waals surface area (Å²) in [7, 11) is 0. The van der Waals surface area contributed by atoms with E-state index in [1.54, 1.807) is 24.4 Å². The zero-order chi connectivity index (χ0) is 12.5. The molecule has 3 aromatic heterocycles. The van der Waals surface area contributed by atoms with E-state index in [1.807, 2.05) is 11.4 Å². The zero-order valence-electron chi connectivity index (χ0n) is 9.29. The Labute approximate surface area is 106 Å². The molecule has 0 atom stereocenters. The van der Waals surface area contributed by atoms with E-state index in [4.69, 9.17) is 0 Å². The summed E-state index contributed by atoms with van der Waals surface area (Å²) in [5.41, 5.74) is 0.836. The minimum atomic E-state index is -0.311. The van der Waals surface area contributed by atoms with Crippen LogP contribution in [0.2, 0.25) is 0 Å². The molecule has 5 nitrogen and oxygen atoms in total. The van der Waals surface area contributed by atoms with E-state index < -0.39 is 0 Å². The highest BCUT2D eigenvalue weighted by Gasteiger charge is 2.13. The number of aromatic nitrogens is 3. The summed E-state index contributed by atoms with van der Waals surface area (Å²) in [6.07, 6.45) is 1.60. The van der Waals surface area contributed by atoms with Crippen molar-refractivity contribution in [2.24, 2.45) is 0 Å². The van der Waals surface area contributed by atoms with E-state index in [9.17, 15) is 9.59 Å². The number of Topliss-reactive ketones (excluding diaryl/α,β-unsaturated/α-hetero) is 1. The van der Waals surface area contributed by atoms with Gasteiger partial charge in [-0.15, -0.1) is 11.3 Å². The standard InChI is InChI=1S/C12H9N3O2S/c16-9(10-4-2-6-18-10)7-15-11-8(14-12(15)17)3-1-5-13-11/h1-6H,7H2,(H,14,17). The molecule has 0 spiro atoms. The van der Waals surface area contributed by atoms with Crippen LogP contribution >= 0.6 is 11.3 Å². The van der Waals surface area contributed by atoms with Gasteiger partial charge in [0.15, 0.2) is 11.4 Å². The van der Waals surface area contributed by atoms with Gasteiger partial charge in [-0.05, 0) is 23.6 Å². The number of rotatable bonds is 3. The summed E-state index contributed by atoms with van der Waals surface area (Å²) in [6.45, 7) is 0.0103. The van der Waals surface area contributed by atoms with Crippen molar-refractivity contribution in [1.82, 2.24) is 14.5 Å². The molecular formula is C12H9N3O2S. The van der Waals surface area contributed by atoms with Gasteiger partial charge in [-0.1, -0.05) is 6.07 Å². The predicted octanol–water partition coefficient (Wildman–Crippen LogP) is 1.67. The fourth-order valence-electron chi connectivity index (χ4n) is 1.79. The molecule has 0 fully saturated rings. The van der Waals surface area contributed by atoms with Crippen LogP contribution in [0.5, 0.6) is 0 Å². The molecule has 3 aromatic rings. The summed E-state index contributed by atoms with van der Waals surface area (Å²) in [5.74, 6) is -0.0846. The molecule has 0 aliphatic heterocycles. The number of carbonyl (C=O) groups is 1. The van der Waals surface area contributed by atoms with Gasteiger partial charge in [0.05, 0.1) is 16.9 Å². The first kappa shape index (κ1) is 10.9. The molecule has 18 heavy (non-hydrogen) atoms. The first-order valence-electron chi connectivity index (χ1n) is 5.36. The average Bonchev–Trinajstić information content (AvgIpc) is 2.98. The van der Waals surface area contributed by atoms with Gasteiger partial charge in [0.1, 0.15) is 0 Å². The molecule has 0 aliphatic carbocycles. The van der Waals surface area contributed by atoms with Gasteiger partial charge in [-0.25, -0.2) is 9.78 Å². The Hall–Kier alpha value is -2.21. The summed E-state index contributed by atoms with van der Waals surface area (Å²) in [5, 5.41) is 1.84. The molecule has 0 amide bonds. The second-order valence-corrected chi connectivity index (χ2v) is 4.74. The number of pyridine rings is 1. The van der Waals surface area contributed by atoms with Crippen molar-refractivity contribution in [2.45, 2.75) is 6.54 Å². The zero-order valence-corrected chi connectivity index (χ0v) is 10.1. The van der Waals surface area contributed by atoms with Gasteiger partial charge in [-0.2, -0.15) is 0 Å². The number of nitrogens with one attached hydrogen (secondary N) is 1. The number of H-pyrrole nitrogens is 1.